The van der Waals surface area contributed by atoms with Gasteiger partial charge in [-0.15, -0.1) is 0 Å². The van der Waals surface area contributed by atoms with E-state index >= 15 is 0 Å². The summed E-state index contributed by atoms with van der Waals surface area (Å²) in [5.41, 5.74) is 3.10. The Labute approximate surface area is 82.0 Å². The van der Waals surface area contributed by atoms with Crippen LogP contribution in [0, 0.1) is 6.92 Å². The zero-order valence-electron chi connectivity index (χ0n) is 8.24. The van der Waals surface area contributed by atoms with E-state index < -0.39 is 0 Å². The predicted octanol–water partition coefficient (Wildman–Crippen LogP) is 1.69. The van der Waals surface area contributed by atoms with Crippen molar-refractivity contribution in [1.29, 1.82) is 0 Å². The number of H-pyrrole nitrogens is 1. The first-order valence-electron chi connectivity index (χ1n) is 4.50. The van der Waals surface area contributed by atoms with Crippen molar-refractivity contribution in [3.8, 4) is 11.3 Å². The fraction of sp³-hybridized carbons (Fsp3) is 0.182. The topological polar surface area (TPSA) is 37.8 Å². The van der Waals surface area contributed by atoms with Crippen molar-refractivity contribution in [3.05, 3.63) is 46.2 Å². The number of hydrogen-bond donors (Lipinski definition) is 1. The lowest BCUT2D eigenvalue weighted by Gasteiger charge is -2.01. The van der Waals surface area contributed by atoms with Crippen LogP contribution in [0.2, 0.25) is 0 Å². The van der Waals surface area contributed by atoms with Crippen LogP contribution in [0.25, 0.3) is 11.3 Å². The minimum atomic E-state index is -0.0109. The van der Waals surface area contributed by atoms with Crippen molar-refractivity contribution in [2.45, 2.75) is 6.92 Å². The van der Waals surface area contributed by atoms with Crippen LogP contribution < -0.4 is 5.56 Å². The molecule has 0 amide bonds. The molecule has 3 nitrogen and oxygen atoms in total. The van der Waals surface area contributed by atoms with Gasteiger partial charge in [-0.1, -0.05) is 24.3 Å². The molecule has 2 aromatic rings. The van der Waals surface area contributed by atoms with Crippen LogP contribution in [0.15, 0.2) is 35.1 Å². The standard InChI is InChI=1S/C11H12N2O/c1-8-5-3-4-6-9(8)10-7-11(14)13(2)12-10/h3-7,12H,1-2H3. The van der Waals surface area contributed by atoms with E-state index in [2.05, 4.69) is 5.10 Å². The van der Waals surface area contributed by atoms with Gasteiger partial charge in [-0.2, -0.15) is 0 Å². The largest absolute Gasteiger partial charge is 0.295 e. The number of hydrogen-bond acceptors (Lipinski definition) is 1. The molecule has 1 aromatic carbocycles. The molecule has 1 heterocycles. The smallest absolute Gasteiger partial charge is 0.266 e. The molecule has 0 bridgehead atoms. The minimum Gasteiger partial charge on any atom is -0.295 e. The lowest BCUT2D eigenvalue weighted by molar-refractivity contribution is 0.742. The van der Waals surface area contributed by atoms with E-state index in [1.165, 1.54) is 4.68 Å². The highest BCUT2D eigenvalue weighted by Crippen LogP contribution is 2.18. The quantitative estimate of drug-likeness (QED) is 0.726. The molecule has 0 spiro atoms. The summed E-state index contributed by atoms with van der Waals surface area (Å²) in [4.78, 5) is 11.3. The molecule has 0 saturated carbocycles. The first-order chi connectivity index (χ1) is 6.68. The summed E-state index contributed by atoms with van der Waals surface area (Å²) >= 11 is 0. The van der Waals surface area contributed by atoms with Crippen molar-refractivity contribution >= 4 is 0 Å². The summed E-state index contributed by atoms with van der Waals surface area (Å²) in [5, 5.41) is 3.01. The third-order valence-corrected chi connectivity index (χ3v) is 2.32. The molecular formula is C11H12N2O. The van der Waals surface area contributed by atoms with E-state index in [4.69, 9.17) is 0 Å². The Morgan fingerprint density at radius 1 is 1.29 bits per heavy atom. The molecule has 2 rings (SSSR count). The number of aryl methyl sites for hydroxylation is 2. The minimum absolute atomic E-state index is 0.0109. The van der Waals surface area contributed by atoms with Crippen molar-refractivity contribution in [3.63, 3.8) is 0 Å². The second-order valence-electron chi connectivity index (χ2n) is 3.38. The van der Waals surface area contributed by atoms with E-state index in [9.17, 15) is 4.79 Å². The Hall–Kier alpha value is -1.77. The molecule has 0 atom stereocenters. The summed E-state index contributed by atoms with van der Waals surface area (Å²) in [6.07, 6.45) is 0. The molecule has 0 unspecified atom stereocenters. The van der Waals surface area contributed by atoms with E-state index in [0.717, 1.165) is 16.8 Å². The second-order valence-corrected chi connectivity index (χ2v) is 3.38. The molecule has 3 heteroatoms. The molecule has 14 heavy (non-hydrogen) atoms. The Kier molecular flexibility index (Phi) is 2.00. The van der Waals surface area contributed by atoms with Crippen LogP contribution in [-0.4, -0.2) is 9.78 Å². The normalized spacial score (nSPS) is 10.4. The first kappa shape index (κ1) is 8.81. The van der Waals surface area contributed by atoms with Gasteiger partial charge in [0.05, 0.1) is 5.69 Å². The van der Waals surface area contributed by atoms with Gasteiger partial charge in [0, 0.05) is 18.7 Å². The number of aromatic nitrogens is 2. The Morgan fingerprint density at radius 3 is 2.57 bits per heavy atom. The second kappa shape index (κ2) is 3.18. The third kappa shape index (κ3) is 1.37. The number of aromatic amines is 1. The van der Waals surface area contributed by atoms with Crippen LogP contribution in [0.5, 0.6) is 0 Å². The van der Waals surface area contributed by atoms with Gasteiger partial charge in [-0.3, -0.25) is 14.6 Å². The summed E-state index contributed by atoms with van der Waals surface area (Å²) in [5.74, 6) is 0. The fourth-order valence-corrected chi connectivity index (χ4v) is 1.50. The zero-order chi connectivity index (χ0) is 10.1. The summed E-state index contributed by atoms with van der Waals surface area (Å²) < 4.78 is 1.47. The van der Waals surface area contributed by atoms with Gasteiger partial charge in [-0.05, 0) is 12.5 Å². The van der Waals surface area contributed by atoms with Gasteiger partial charge in [0.2, 0.25) is 0 Å². The molecule has 0 radical (unpaired) electrons. The zero-order valence-corrected chi connectivity index (χ0v) is 8.24. The number of nitrogens with one attached hydrogen (secondary N) is 1. The molecule has 0 aliphatic heterocycles. The van der Waals surface area contributed by atoms with Crippen LogP contribution in [-0.2, 0) is 7.05 Å². The van der Waals surface area contributed by atoms with Gasteiger partial charge >= 0.3 is 0 Å². The van der Waals surface area contributed by atoms with Crippen LogP contribution in [0.4, 0.5) is 0 Å². The van der Waals surface area contributed by atoms with Crippen molar-refractivity contribution < 1.29 is 0 Å². The lowest BCUT2D eigenvalue weighted by atomic mass is 10.1. The average Bonchev–Trinajstić information content (AvgIpc) is 2.48. The number of rotatable bonds is 1. The van der Waals surface area contributed by atoms with Gasteiger partial charge in [-0.25, -0.2) is 0 Å². The van der Waals surface area contributed by atoms with E-state index in [0.29, 0.717) is 0 Å². The number of nitrogens with zero attached hydrogens (tertiary/aromatic N) is 1. The van der Waals surface area contributed by atoms with E-state index in [1.807, 2.05) is 31.2 Å². The SMILES string of the molecule is Cc1ccccc1-c1cc(=O)n(C)[nH]1. The van der Waals surface area contributed by atoms with Gasteiger partial charge in [0.25, 0.3) is 5.56 Å². The maximum atomic E-state index is 11.3. The number of benzene rings is 1. The molecular weight excluding hydrogens is 176 g/mol. The van der Waals surface area contributed by atoms with Gasteiger partial charge < -0.3 is 0 Å². The molecule has 1 N–H and O–H groups in total. The Bertz CT molecular complexity index is 508. The molecule has 0 fully saturated rings. The van der Waals surface area contributed by atoms with Gasteiger partial charge in [0.1, 0.15) is 0 Å². The summed E-state index contributed by atoms with van der Waals surface area (Å²) in [7, 11) is 1.71. The molecule has 0 saturated heterocycles. The van der Waals surface area contributed by atoms with Crippen LogP contribution in [0.1, 0.15) is 5.56 Å². The molecule has 72 valence electrons. The van der Waals surface area contributed by atoms with Crippen molar-refractivity contribution in [1.82, 2.24) is 9.78 Å². The maximum Gasteiger partial charge on any atom is 0.266 e. The molecule has 0 aliphatic carbocycles. The first-order valence-corrected chi connectivity index (χ1v) is 4.50. The Balaban J connectivity index is 2.60. The van der Waals surface area contributed by atoms with E-state index in [-0.39, 0.29) is 5.56 Å². The molecule has 1 aromatic heterocycles. The van der Waals surface area contributed by atoms with Crippen molar-refractivity contribution in [2.75, 3.05) is 0 Å². The van der Waals surface area contributed by atoms with Gasteiger partial charge in [0.15, 0.2) is 0 Å². The van der Waals surface area contributed by atoms with Crippen molar-refractivity contribution in [2.24, 2.45) is 7.05 Å². The monoisotopic (exact) mass is 188 g/mol. The molecule has 0 aliphatic rings. The highest BCUT2D eigenvalue weighted by molar-refractivity contribution is 5.62. The van der Waals surface area contributed by atoms with E-state index in [1.54, 1.807) is 13.1 Å². The predicted molar refractivity (Wildman–Crippen MR) is 56.2 cm³/mol. The third-order valence-electron chi connectivity index (χ3n) is 2.32. The Morgan fingerprint density at radius 2 is 2.00 bits per heavy atom. The average molecular weight is 188 g/mol. The highest BCUT2D eigenvalue weighted by Gasteiger charge is 2.04. The maximum absolute atomic E-state index is 11.3. The van der Waals surface area contributed by atoms with Crippen LogP contribution >= 0.6 is 0 Å². The van der Waals surface area contributed by atoms with Crippen LogP contribution in [0.3, 0.4) is 0 Å². The fourth-order valence-electron chi connectivity index (χ4n) is 1.50. The highest BCUT2D eigenvalue weighted by atomic mass is 16.1. The lowest BCUT2D eigenvalue weighted by Crippen LogP contribution is -2.09. The summed E-state index contributed by atoms with van der Waals surface area (Å²) in [6, 6.07) is 9.59. The summed E-state index contributed by atoms with van der Waals surface area (Å²) in [6.45, 7) is 2.03.